The summed E-state index contributed by atoms with van der Waals surface area (Å²) in [4.78, 5) is 10.6. The van der Waals surface area contributed by atoms with E-state index in [-0.39, 0.29) is 0 Å². The molecule has 7 aromatic carbocycles. The van der Waals surface area contributed by atoms with Crippen molar-refractivity contribution in [2.45, 2.75) is 0 Å². The van der Waals surface area contributed by atoms with Crippen molar-refractivity contribution in [3.8, 4) is 17.2 Å². The van der Waals surface area contributed by atoms with Crippen molar-refractivity contribution >= 4 is 92.7 Å². The minimum absolute atomic E-state index is 0.632. The van der Waals surface area contributed by atoms with Crippen LogP contribution in [0.1, 0.15) is 0 Å². The van der Waals surface area contributed by atoms with Crippen LogP contribution in [0.3, 0.4) is 0 Å². The van der Waals surface area contributed by atoms with Crippen LogP contribution in [0.15, 0.2) is 150 Å². The van der Waals surface area contributed by atoms with Crippen LogP contribution in [0.25, 0.3) is 110 Å². The zero-order valence-corrected chi connectivity index (χ0v) is 26.1. The van der Waals surface area contributed by atoms with Crippen LogP contribution in [-0.4, -0.2) is 18.9 Å². The zero-order chi connectivity index (χ0) is 31.8. The molecule has 0 N–H and O–H groups in total. The van der Waals surface area contributed by atoms with Crippen molar-refractivity contribution < 1.29 is 4.42 Å². The topological polar surface area (TPSA) is 48.3 Å². The molecule has 0 aliphatic heterocycles. The van der Waals surface area contributed by atoms with Gasteiger partial charge in [0.2, 0.25) is 5.95 Å². The van der Waals surface area contributed by atoms with Crippen molar-refractivity contribution in [3.63, 3.8) is 0 Å². The van der Waals surface area contributed by atoms with Gasteiger partial charge in [-0.25, -0.2) is 9.97 Å². The molecule has 12 aromatic rings. The van der Waals surface area contributed by atoms with Crippen molar-refractivity contribution in [3.05, 3.63) is 146 Å². The molecule has 0 bridgehead atoms. The second kappa shape index (κ2) is 9.00. The lowest BCUT2D eigenvalue weighted by Gasteiger charge is -2.12. The molecular weight excluding hydrogens is 601 g/mol. The van der Waals surface area contributed by atoms with Crippen LogP contribution < -0.4 is 0 Å². The SMILES string of the molecule is c1ccc(-c2nc(-n3c4cccc5c6cccc7c8ccccc8n(c67)c6c7c(cc3c6c54)oc3ccccc37)nc3ccccc23)cc1. The van der Waals surface area contributed by atoms with E-state index in [4.69, 9.17) is 14.4 Å². The average molecular weight is 625 g/mol. The minimum Gasteiger partial charge on any atom is -0.456 e. The summed E-state index contributed by atoms with van der Waals surface area (Å²) in [5, 5.41) is 10.5. The van der Waals surface area contributed by atoms with E-state index in [0.29, 0.717) is 5.95 Å². The summed E-state index contributed by atoms with van der Waals surface area (Å²) in [5.74, 6) is 0.632. The van der Waals surface area contributed by atoms with E-state index >= 15 is 0 Å². The van der Waals surface area contributed by atoms with Crippen LogP contribution >= 0.6 is 0 Å². The van der Waals surface area contributed by atoms with E-state index in [1.165, 1.54) is 43.4 Å². The van der Waals surface area contributed by atoms with Gasteiger partial charge < -0.3 is 8.82 Å². The molecule has 5 nitrogen and oxygen atoms in total. The van der Waals surface area contributed by atoms with Crippen LogP contribution in [0.2, 0.25) is 0 Å². The van der Waals surface area contributed by atoms with E-state index in [0.717, 1.165) is 60.6 Å². The molecule has 226 valence electrons. The maximum absolute atomic E-state index is 6.72. The fourth-order valence-corrected chi connectivity index (χ4v) is 8.51. The molecule has 0 spiro atoms. The average Bonchev–Trinajstić information content (AvgIpc) is 3.78. The third-order valence-corrected chi connectivity index (χ3v) is 10.4. The number of hydrogen-bond acceptors (Lipinski definition) is 3. The van der Waals surface area contributed by atoms with E-state index in [1.54, 1.807) is 0 Å². The van der Waals surface area contributed by atoms with Gasteiger partial charge in [-0.1, -0.05) is 115 Å². The molecule has 5 heterocycles. The number of nitrogens with zero attached hydrogens (tertiary/aromatic N) is 4. The Labute approximate surface area is 278 Å². The lowest BCUT2D eigenvalue weighted by Crippen LogP contribution is -2.03. The highest BCUT2D eigenvalue weighted by molar-refractivity contribution is 6.36. The second-order valence-electron chi connectivity index (χ2n) is 12.9. The van der Waals surface area contributed by atoms with Crippen LogP contribution in [-0.2, 0) is 0 Å². The summed E-state index contributed by atoms with van der Waals surface area (Å²) < 4.78 is 11.5. The lowest BCUT2D eigenvalue weighted by molar-refractivity contribution is 0.669. The van der Waals surface area contributed by atoms with Crippen molar-refractivity contribution in [2.24, 2.45) is 0 Å². The number of para-hydroxylation sites is 4. The van der Waals surface area contributed by atoms with Gasteiger partial charge in [0, 0.05) is 49.3 Å². The number of hydrogen-bond donors (Lipinski definition) is 0. The third-order valence-electron chi connectivity index (χ3n) is 10.4. The maximum atomic E-state index is 6.72. The predicted octanol–water partition coefficient (Wildman–Crippen LogP) is 11.4. The first-order valence-corrected chi connectivity index (χ1v) is 16.6. The lowest BCUT2D eigenvalue weighted by atomic mass is 10.0. The van der Waals surface area contributed by atoms with Gasteiger partial charge in [0.05, 0.1) is 44.2 Å². The number of fused-ring (bicyclic) bond motifs is 10. The van der Waals surface area contributed by atoms with Gasteiger partial charge in [-0.3, -0.25) is 4.57 Å². The number of furan rings is 1. The molecule has 0 aliphatic rings. The van der Waals surface area contributed by atoms with Gasteiger partial charge in [0.1, 0.15) is 11.2 Å². The van der Waals surface area contributed by atoms with Crippen molar-refractivity contribution in [1.82, 2.24) is 18.9 Å². The highest BCUT2D eigenvalue weighted by Gasteiger charge is 2.26. The molecule has 0 unspecified atom stereocenters. The first-order valence-electron chi connectivity index (χ1n) is 16.6. The van der Waals surface area contributed by atoms with Gasteiger partial charge in [-0.05, 0) is 29.7 Å². The monoisotopic (exact) mass is 624 g/mol. The number of benzene rings is 7. The Morgan fingerprint density at radius 1 is 0.429 bits per heavy atom. The Hall–Kier alpha value is -6.72. The largest absolute Gasteiger partial charge is 0.456 e. The number of rotatable bonds is 2. The molecule has 49 heavy (non-hydrogen) atoms. The van der Waals surface area contributed by atoms with Gasteiger partial charge >= 0.3 is 0 Å². The second-order valence-corrected chi connectivity index (χ2v) is 12.9. The van der Waals surface area contributed by atoms with E-state index < -0.39 is 0 Å². The van der Waals surface area contributed by atoms with Gasteiger partial charge in [-0.2, -0.15) is 0 Å². The molecule has 0 fully saturated rings. The van der Waals surface area contributed by atoms with Crippen LogP contribution in [0, 0.1) is 0 Å². The molecule has 0 aliphatic carbocycles. The summed E-state index contributed by atoms with van der Waals surface area (Å²) in [7, 11) is 0. The van der Waals surface area contributed by atoms with Gasteiger partial charge in [0.15, 0.2) is 0 Å². The van der Waals surface area contributed by atoms with E-state index in [9.17, 15) is 0 Å². The van der Waals surface area contributed by atoms with Gasteiger partial charge in [-0.15, -0.1) is 0 Å². The third kappa shape index (κ3) is 3.15. The molecule has 0 saturated heterocycles. The first kappa shape index (κ1) is 25.4. The summed E-state index contributed by atoms with van der Waals surface area (Å²) in [6.45, 7) is 0. The zero-order valence-electron chi connectivity index (χ0n) is 26.1. The van der Waals surface area contributed by atoms with Crippen molar-refractivity contribution in [1.29, 1.82) is 0 Å². The molecular formula is C44H24N4O. The Morgan fingerprint density at radius 3 is 2.00 bits per heavy atom. The fraction of sp³-hybridized carbons (Fsp3) is 0. The molecule has 12 rings (SSSR count). The standard InChI is InChI=1S/C44H24N4O/c1-2-12-25(13-3-1)41-30-15-4-7-20-32(30)45-44(46-41)47-34-22-11-17-27-29-19-10-18-28-26-14-5-8-21-33(26)48(42(28)29)43-39-31-16-6-9-23-36(31)49-37(39)24-35(47)40(43)38(27)34/h1-24H. The Morgan fingerprint density at radius 2 is 1.10 bits per heavy atom. The summed E-state index contributed by atoms with van der Waals surface area (Å²) >= 11 is 0. The molecule has 0 radical (unpaired) electrons. The minimum atomic E-state index is 0.632. The highest BCUT2D eigenvalue weighted by Crippen LogP contribution is 2.48. The summed E-state index contributed by atoms with van der Waals surface area (Å²) in [6, 6.07) is 51.4. The normalized spacial score (nSPS) is 12.5. The fourth-order valence-electron chi connectivity index (χ4n) is 8.51. The van der Waals surface area contributed by atoms with E-state index in [1.807, 2.05) is 18.2 Å². The summed E-state index contributed by atoms with van der Waals surface area (Å²) in [6.07, 6.45) is 0. The number of aromatic nitrogens is 4. The van der Waals surface area contributed by atoms with Crippen LogP contribution in [0.4, 0.5) is 0 Å². The first-order chi connectivity index (χ1) is 24.3. The maximum Gasteiger partial charge on any atom is 0.235 e. The molecule has 5 heteroatoms. The predicted molar refractivity (Wildman–Crippen MR) is 201 cm³/mol. The molecule has 0 amide bonds. The molecule has 0 atom stereocenters. The van der Waals surface area contributed by atoms with Crippen molar-refractivity contribution in [2.75, 3.05) is 0 Å². The van der Waals surface area contributed by atoms with Crippen LogP contribution in [0.5, 0.6) is 0 Å². The van der Waals surface area contributed by atoms with Gasteiger partial charge in [0.25, 0.3) is 0 Å². The molecule has 0 saturated carbocycles. The smallest absolute Gasteiger partial charge is 0.235 e. The Balaban J connectivity index is 1.40. The quantitative estimate of drug-likeness (QED) is 0.192. The molecule has 5 aromatic heterocycles. The highest BCUT2D eigenvalue weighted by atomic mass is 16.3. The summed E-state index contributed by atoms with van der Waals surface area (Å²) in [5.41, 5.74) is 10.2. The Bertz CT molecular complexity index is 3330. The Kier molecular flexibility index (Phi) is 4.66. The van der Waals surface area contributed by atoms with E-state index in [2.05, 4.69) is 136 Å².